The van der Waals surface area contributed by atoms with E-state index in [1.54, 1.807) is 0 Å². The van der Waals surface area contributed by atoms with E-state index in [0.717, 1.165) is 41.2 Å². The third-order valence-electron chi connectivity index (χ3n) is 7.40. The third kappa shape index (κ3) is 3.53. The molecule has 31 heavy (non-hydrogen) atoms. The molecule has 3 fully saturated rings. The van der Waals surface area contributed by atoms with E-state index >= 15 is 0 Å². The molecule has 6 heteroatoms. The van der Waals surface area contributed by atoms with Crippen LogP contribution in [0.5, 0.6) is 0 Å². The average molecular weight is 417 g/mol. The Hall–Kier alpha value is -2.73. The molecule has 2 bridgehead atoms. The van der Waals surface area contributed by atoms with Gasteiger partial charge < -0.3 is 10.2 Å². The summed E-state index contributed by atoms with van der Waals surface area (Å²) in [6, 6.07) is 10.0. The number of likely N-dealkylation sites (N-methyl/N-ethyl adjacent to an activating group) is 1. The summed E-state index contributed by atoms with van der Waals surface area (Å²) in [7, 11) is 2.25. The van der Waals surface area contributed by atoms with Crippen LogP contribution >= 0.6 is 0 Å². The van der Waals surface area contributed by atoms with E-state index in [2.05, 4.69) is 77.4 Å². The first-order valence-electron chi connectivity index (χ1n) is 11.3. The van der Waals surface area contributed by atoms with Gasteiger partial charge in [-0.3, -0.25) is 4.90 Å². The van der Waals surface area contributed by atoms with Gasteiger partial charge in [-0.05, 0) is 70.3 Å². The van der Waals surface area contributed by atoms with Crippen LogP contribution in [0.15, 0.2) is 30.5 Å². The van der Waals surface area contributed by atoms with Gasteiger partial charge >= 0.3 is 0 Å². The molecule has 0 radical (unpaired) electrons. The van der Waals surface area contributed by atoms with Crippen LogP contribution in [0.1, 0.15) is 48.2 Å². The molecule has 0 saturated carbocycles. The number of aromatic nitrogens is 3. The molecule has 3 aliphatic rings. The Morgan fingerprint density at radius 1 is 1.03 bits per heavy atom. The highest BCUT2D eigenvalue weighted by molar-refractivity contribution is 5.94. The number of aryl methyl sites for hydroxylation is 2. The molecule has 6 rings (SSSR count). The second-order valence-corrected chi connectivity index (χ2v) is 9.35. The van der Waals surface area contributed by atoms with Gasteiger partial charge in [0.15, 0.2) is 5.82 Å². The molecule has 3 saturated heterocycles. The summed E-state index contributed by atoms with van der Waals surface area (Å²) < 4.78 is 0. The number of hydrogen-bond donors (Lipinski definition) is 1. The molecule has 6 nitrogen and oxygen atoms in total. The Bertz CT molecular complexity index is 1130. The van der Waals surface area contributed by atoms with Gasteiger partial charge in [0.25, 0.3) is 0 Å². The van der Waals surface area contributed by atoms with Crippen molar-refractivity contribution in [3.63, 3.8) is 0 Å². The zero-order valence-corrected chi connectivity index (χ0v) is 19.2. The van der Waals surface area contributed by atoms with Gasteiger partial charge in [-0.2, -0.15) is 5.10 Å². The minimum Gasteiger partial charge on any atom is -0.362 e. The van der Waals surface area contributed by atoms with Crippen molar-refractivity contribution >= 4 is 22.4 Å². The second kappa shape index (κ2) is 7.75. The molecule has 5 heterocycles. The Balaban J connectivity index is 1.51. The van der Waals surface area contributed by atoms with Gasteiger partial charge in [-0.15, -0.1) is 5.10 Å². The van der Waals surface area contributed by atoms with Crippen LogP contribution in [0.3, 0.4) is 0 Å². The van der Waals surface area contributed by atoms with Gasteiger partial charge in [-0.1, -0.05) is 18.2 Å². The molecule has 3 aliphatic heterocycles. The maximum absolute atomic E-state index is 4.85. The molecular formula is C25H32N6. The summed E-state index contributed by atoms with van der Waals surface area (Å²) in [6.07, 6.45) is 4.52. The van der Waals surface area contributed by atoms with Gasteiger partial charge in [-0.25, -0.2) is 4.98 Å². The van der Waals surface area contributed by atoms with Crippen LogP contribution in [-0.2, 0) is 0 Å². The van der Waals surface area contributed by atoms with Crippen molar-refractivity contribution in [2.45, 2.75) is 58.7 Å². The van der Waals surface area contributed by atoms with Crippen molar-refractivity contribution in [2.75, 3.05) is 30.4 Å². The maximum atomic E-state index is 4.85. The van der Waals surface area contributed by atoms with Crippen LogP contribution in [-0.4, -0.2) is 52.3 Å². The number of anilines is 2. The quantitative estimate of drug-likeness (QED) is 0.680. The van der Waals surface area contributed by atoms with Gasteiger partial charge in [0.05, 0.1) is 11.7 Å². The van der Waals surface area contributed by atoms with Crippen LogP contribution in [0.2, 0.25) is 0 Å². The monoisotopic (exact) mass is 416 g/mol. The van der Waals surface area contributed by atoms with Crippen LogP contribution < -0.4 is 10.2 Å². The van der Waals surface area contributed by atoms with E-state index in [0.29, 0.717) is 12.1 Å². The van der Waals surface area contributed by atoms with Crippen LogP contribution in [0, 0.1) is 20.8 Å². The summed E-state index contributed by atoms with van der Waals surface area (Å²) in [6.45, 7) is 10.7. The fourth-order valence-corrected chi connectivity index (χ4v) is 5.27. The molecular weight excluding hydrogens is 384 g/mol. The smallest absolute Gasteiger partial charge is 0.157 e. The lowest BCUT2D eigenvalue weighted by Gasteiger charge is -2.50. The number of fused-ring (bicyclic) bond motifs is 4. The minimum absolute atomic E-state index is 0.136. The standard InChI is InChI=1S/C25H32N6/c1-15-7-6-8-21(16(15)2)17(3)27-25-22-11-24(26-12-23(22)18(4)28-29-25)31-14-19-9-10-20(31)13-30(19)5/h6-8,11-12,17,19-20H,9-10,13-14H2,1-5H3,(H,27,29)/t17-,19?,20?/m1/s1. The predicted octanol–water partition coefficient (Wildman–Crippen LogP) is 4.41. The first-order chi connectivity index (χ1) is 14.9. The lowest BCUT2D eigenvalue weighted by Crippen LogP contribution is -2.61. The second-order valence-electron chi connectivity index (χ2n) is 9.35. The van der Waals surface area contributed by atoms with Crippen molar-refractivity contribution in [1.29, 1.82) is 0 Å². The Labute approximate surface area is 184 Å². The number of rotatable bonds is 4. The van der Waals surface area contributed by atoms with E-state index in [1.807, 2.05) is 13.1 Å². The normalized spacial score (nSPS) is 22.2. The minimum atomic E-state index is 0.136. The SMILES string of the molecule is Cc1cccc([C@@H](C)Nc2nnc(C)c3cnc(N4CC5CCC4CN5C)cc23)c1C. The third-order valence-corrected chi connectivity index (χ3v) is 7.40. The molecule has 0 spiro atoms. The molecule has 2 aromatic heterocycles. The van der Waals surface area contributed by atoms with E-state index in [4.69, 9.17) is 4.98 Å². The molecule has 2 unspecified atom stereocenters. The van der Waals surface area contributed by atoms with Crippen molar-refractivity contribution in [1.82, 2.24) is 20.1 Å². The summed E-state index contributed by atoms with van der Waals surface area (Å²) in [5.74, 6) is 1.89. The summed E-state index contributed by atoms with van der Waals surface area (Å²) >= 11 is 0. The molecule has 162 valence electrons. The average Bonchev–Trinajstić information content (AvgIpc) is 2.77. The predicted molar refractivity (Wildman–Crippen MR) is 127 cm³/mol. The van der Waals surface area contributed by atoms with Gasteiger partial charge in [0, 0.05) is 42.1 Å². The van der Waals surface area contributed by atoms with Gasteiger partial charge in [0.1, 0.15) is 5.82 Å². The molecule has 1 aromatic carbocycles. The topological polar surface area (TPSA) is 57.2 Å². The molecule has 0 amide bonds. The highest BCUT2D eigenvalue weighted by atomic mass is 15.3. The largest absolute Gasteiger partial charge is 0.362 e. The van der Waals surface area contributed by atoms with Crippen LogP contribution in [0.25, 0.3) is 10.8 Å². The van der Waals surface area contributed by atoms with E-state index in [-0.39, 0.29) is 6.04 Å². The Morgan fingerprint density at radius 3 is 2.58 bits per heavy atom. The Kier molecular flexibility index (Phi) is 5.05. The van der Waals surface area contributed by atoms with E-state index in [1.165, 1.54) is 29.5 Å². The summed E-state index contributed by atoms with van der Waals surface area (Å²) in [5.41, 5.74) is 4.84. The zero-order valence-electron chi connectivity index (χ0n) is 19.2. The number of hydrogen-bond acceptors (Lipinski definition) is 6. The van der Waals surface area contributed by atoms with Crippen molar-refractivity contribution in [3.8, 4) is 0 Å². The lowest BCUT2D eigenvalue weighted by atomic mass is 9.91. The Morgan fingerprint density at radius 2 is 1.84 bits per heavy atom. The maximum Gasteiger partial charge on any atom is 0.157 e. The highest BCUT2D eigenvalue weighted by Gasteiger charge is 2.37. The number of nitrogens with one attached hydrogen (secondary N) is 1. The summed E-state index contributed by atoms with van der Waals surface area (Å²) in [5, 5.41) is 14.8. The number of piperazine rings is 1. The number of piperidine rings is 2. The number of pyridine rings is 1. The van der Waals surface area contributed by atoms with E-state index in [9.17, 15) is 0 Å². The lowest BCUT2D eigenvalue weighted by molar-refractivity contribution is 0.124. The molecule has 3 atom stereocenters. The molecule has 3 aromatic rings. The number of nitrogens with zero attached hydrogens (tertiary/aromatic N) is 5. The zero-order chi connectivity index (χ0) is 21.7. The molecule has 1 N–H and O–H groups in total. The van der Waals surface area contributed by atoms with Crippen molar-refractivity contribution < 1.29 is 0 Å². The van der Waals surface area contributed by atoms with Crippen LogP contribution in [0.4, 0.5) is 11.6 Å². The van der Waals surface area contributed by atoms with Crippen molar-refractivity contribution in [3.05, 3.63) is 52.8 Å². The van der Waals surface area contributed by atoms with Gasteiger partial charge in [0.2, 0.25) is 0 Å². The van der Waals surface area contributed by atoms with Crippen molar-refractivity contribution in [2.24, 2.45) is 0 Å². The first-order valence-corrected chi connectivity index (χ1v) is 11.3. The summed E-state index contributed by atoms with van der Waals surface area (Å²) in [4.78, 5) is 9.85. The molecule has 0 aliphatic carbocycles. The first kappa shape index (κ1) is 20.2. The number of benzene rings is 1. The fraction of sp³-hybridized carbons (Fsp3) is 0.480. The van der Waals surface area contributed by atoms with E-state index < -0.39 is 0 Å². The fourth-order valence-electron chi connectivity index (χ4n) is 5.27. The highest BCUT2D eigenvalue weighted by Crippen LogP contribution is 2.34.